The Morgan fingerprint density at radius 1 is 1.10 bits per heavy atom. The number of morpholine rings is 1. The van der Waals surface area contributed by atoms with Gasteiger partial charge in [-0.15, -0.1) is 0 Å². The lowest BCUT2D eigenvalue weighted by molar-refractivity contribution is -0.117. The highest BCUT2D eigenvalue weighted by Gasteiger charge is 2.23. The van der Waals surface area contributed by atoms with E-state index in [-0.39, 0.29) is 11.9 Å². The van der Waals surface area contributed by atoms with Crippen LogP contribution in [0.5, 0.6) is 0 Å². The number of carbonyl (C=O) groups is 1. The Morgan fingerprint density at radius 2 is 1.84 bits per heavy atom. The molecule has 2 aliphatic rings. The monoisotopic (exact) mass is 438 g/mol. The summed E-state index contributed by atoms with van der Waals surface area (Å²) in [5.74, 6) is 0.203. The van der Waals surface area contributed by atoms with Crippen molar-refractivity contribution in [2.45, 2.75) is 32.7 Å². The number of amides is 1. The van der Waals surface area contributed by atoms with E-state index in [9.17, 15) is 4.79 Å². The predicted octanol–water partition coefficient (Wildman–Crippen LogP) is 4.01. The molecule has 4 rings (SSSR count). The summed E-state index contributed by atoms with van der Waals surface area (Å²) in [6.45, 7) is 8.37. The first-order chi connectivity index (χ1) is 15.0. The summed E-state index contributed by atoms with van der Waals surface area (Å²) < 4.78 is 5.43. The van der Waals surface area contributed by atoms with Crippen LogP contribution >= 0.6 is 12.2 Å². The van der Waals surface area contributed by atoms with Gasteiger partial charge in [-0.05, 0) is 73.9 Å². The standard InChI is InChI=1S/C24H30N4O2S/c1-17-16-20(7-10-22(17)28-11-3-4-23(28)29)26-24(31)25-18(2)19-5-8-21(9-6-19)27-12-14-30-15-13-27/h5-10,16,18H,3-4,11-15H2,1-2H3,(H2,25,26,31). The van der Waals surface area contributed by atoms with Crippen LogP contribution in [0.25, 0.3) is 0 Å². The molecule has 2 aromatic rings. The molecular formula is C24H30N4O2S. The smallest absolute Gasteiger partial charge is 0.227 e. The Kier molecular flexibility index (Phi) is 6.73. The first-order valence-corrected chi connectivity index (χ1v) is 11.3. The third-order valence-electron chi connectivity index (χ3n) is 5.94. The van der Waals surface area contributed by atoms with Crippen LogP contribution in [0.1, 0.15) is 36.9 Å². The van der Waals surface area contributed by atoms with Crippen LogP contribution < -0.4 is 20.4 Å². The fourth-order valence-electron chi connectivity index (χ4n) is 4.18. The SMILES string of the molecule is Cc1cc(NC(=S)NC(C)c2ccc(N3CCOCC3)cc2)ccc1N1CCCC1=O. The normalized spacial score (nSPS) is 17.5. The molecule has 2 saturated heterocycles. The summed E-state index contributed by atoms with van der Waals surface area (Å²) in [6, 6.07) is 14.7. The van der Waals surface area contributed by atoms with Gasteiger partial charge in [0.05, 0.1) is 19.3 Å². The maximum Gasteiger partial charge on any atom is 0.227 e. The zero-order valence-electron chi connectivity index (χ0n) is 18.2. The molecule has 1 unspecified atom stereocenters. The Hall–Kier alpha value is -2.64. The van der Waals surface area contributed by atoms with Gasteiger partial charge in [-0.25, -0.2) is 0 Å². The number of rotatable bonds is 5. The Balaban J connectivity index is 1.34. The third kappa shape index (κ3) is 5.17. The van der Waals surface area contributed by atoms with Crippen molar-refractivity contribution in [3.8, 4) is 0 Å². The number of aryl methyl sites for hydroxylation is 1. The molecule has 0 aliphatic carbocycles. The molecule has 0 spiro atoms. The molecular weight excluding hydrogens is 408 g/mol. The minimum absolute atomic E-state index is 0.0846. The van der Waals surface area contributed by atoms with Gasteiger partial charge in [0.25, 0.3) is 0 Å². The lowest BCUT2D eigenvalue weighted by atomic mass is 10.1. The third-order valence-corrected chi connectivity index (χ3v) is 6.16. The topological polar surface area (TPSA) is 56.8 Å². The fourth-order valence-corrected chi connectivity index (χ4v) is 4.48. The number of ether oxygens (including phenoxy) is 1. The maximum atomic E-state index is 12.0. The van der Waals surface area contributed by atoms with Crippen molar-refractivity contribution in [2.75, 3.05) is 48.0 Å². The molecule has 0 aromatic heterocycles. The molecule has 0 saturated carbocycles. The fraction of sp³-hybridized carbons (Fsp3) is 0.417. The van der Waals surface area contributed by atoms with E-state index >= 15 is 0 Å². The lowest BCUT2D eigenvalue weighted by Gasteiger charge is -2.29. The van der Waals surface area contributed by atoms with Crippen molar-refractivity contribution in [1.29, 1.82) is 0 Å². The van der Waals surface area contributed by atoms with Crippen molar-refractivity contribution in [3.63, 3.8) is 0 Å². The van der Waals surface area contributed by atoms with E-state index in [0.29, 0.717) is 11.5 Å². The molecule has 1 atom stereocenters. The van der Waals surface area contributed by atoms with E-state index < -0.39 is 0 Å². The molecule has 31 heavy (non-hydrogen) atoms. The summed E-state index contributed by atoms with van der Waals surface area (Å²) in [4.78, 5) is 16.2. The zero-order chi connectivity index (χ0) is 21.8. The minimum Gasteiger partial charge on any atom is -0.378 e. The predicted molar refractivity (Wildman–Crippen MR) is 130 cm³/mol. The first-order valence-electron chi connectivity index (χ1n) is 10.9. The summed E-state index contributed by atoms with van der Waals surface area (Å²) >= 11 is 5.53. The number of nitrogens with zero attached hydrogens (tertiary/aromatic N) is 2. The second kappa shape index (κ2) is 9.66. The summed E-state index contributed by atoms with van der Waals surface area (Å²) in [5, 5.41) is 7.21. The number of anilines is 3. The van der Waals surface area contributed by atoms with Gasteiger partial charge >= 0.3 is 0 Å². The van der Waals surface area contributed by atoms with Crippen LogP contribution in [-0.2, 0) is 9.53 Å². The summed E-state index contributed by atoms with van der Waals surface area (Å²) in [7, 11) is 0. The number of hydrogen-bond acceptors (Lipinski definition) is 4. The second-order valence-corrected chi connectivity index (χ2v) is 8.57. The molecule has 1 amide bonds. The summed E-state index contributed by atoms with van der Waals surface area (Å²) in [6.07, 6.45) is 1.57. The molecule has 2 fully saturated rings. The van der Waals surface area contributed by atoms with E-state index in [4.69, 9.17) is 17.0 Å². The van der Waals surface area contributed by atoms with Crippen LogP contribution in [0.15, 0.2) is 42.5 Å². The van der Waals surface area contributed by atoms with Gasteiger partial charge in [0, 0.05) is 43.1 Å². The molecule has 2 N–H and O–H groups in total. The second-order valence-electron chi connectivity index (χ2n) is 8.16. The van der Waals surface area contributed by atoms with Gasteiger partial charge in [-0.2, -0.15) is 0 Å². The van der Waals surface area contributed by atoms with Crippen molar-refractivity contribution < 1.29 is 9.53 Å². The number of hydrogen-bond donors (Lipinski definition) is 2. The Bertz CT molecular complexity index is 941. The van der Waals surface area contributed by atoms with E-state index in [1.807, 2.05) is 30.0 Å². The quantitative estimate of drug-likeness (QED) is 0.688. The zero-order valence-corrected chi connectivity index (χ0v) is 19.0. The highest BCUT2D eigenvalue weighted by molar-refractivity contribution is 7.80. The van der Waals surface area contributed by atoms with Crippen LogP contribution in [0.3, 0.4) is 0 Å². The molecule has 7 heteroatoms. The Morgan fingerprint density at radius 3 is 2.48 bits per heavy atom. The largest absolute Gasteiger partial charge is 0.378 e. The van der Waals surface area contributed by atoms with Crippen molar-refractivity contribution in [3.05, 3.63) is 53.6 Å². The van der Waals surface area contributed by atoms with Gasteiger partial charge in [0.1, 0.15) is 0 Å². The van der Waals surface area contributed by atoms with Crippen LogP contribution in [0, 0.1) is 6.92 Å². The Labute approximate surface area is 189 Å². The lowest BCUT2D eigenvalue weighted by Crippen LogP contribution is -2.36. The molecule has 0 radical (unpaired) electrons. The number of carbonyl (C=O) groups excluding carboxylic acids is 1. The average molecular weight is 439 g/mol. The van der Waals surface area contributed by atoms with E-state index in [0.717, 1.165) is 56.2 Å². The molecule has 164 valence electrons. The van der Waals surface area contributed by atoms with Crippen molar-refractivity contribution >= 4 is 40.3 Å². The van der Waals surface area contributed by atoms with Crippen LogP contribution in [0.2, 0.25) is 0 Å². The van der Waals surface area contributed by atoms with E-state index in [1.165, 1.54) is 11.3 Å². The van der Waals surface area contributed by atoms with Gasteiger partial charge < -0.3 is 25.2 Å². The van der Waals surface area contributed by atoms with Gasteiger partial charge in [0.2, 0.25) is 5.91 Å². The van der Waals surface area contributed by atoms with Crippen LogP contribution in [0.4, 0.5) is 17.1 Å². The first kappa shape index (κ1) is 21.6. The van der Waals surface area contributed by atoms with Crippen molar-refractivity contribution in [2.24, 2.45) is 0 Å². The van der Waals surface area contributed by atoms with E-state index in [1.54, 1.807) is 0 Å². The molecule has 2 aliphatic heterocycles. The molecule has 2 aromatic carbocycles. The number of thiocarbonyl (C=S) groups is 1. The van der Waals surface area contributed by atoms with Gasteiger partial charge in [-0.3, -0.25) is 4.79 Å². The molecule has 2 heterocycles. The van der Waals surface area contributed by atoms with Gasteiger partial charge in [0.15, 0.2) is 5.11 Å². The maximum absolute atomic E-state index is 12.0. The molecule has 6 nitrogen and oxygen atoms in total. The molecule has 0 bridgehead atoms. The highest BCUT2D eigenvalue weighted by Crippen LogP contribution is 2.27. The summed E-state index contributed by atoms with van der Waals surface area (Å²) in [5.41, 5.74) is 5.38. The minimum atomic E-state index is 0.0846. The van der Waals surface area contributed by atoms with Crippen molar-refractivity contribution in [1.82, 2.24) is 5.32 Å². The highest BCUT2D eigenvalue weighted by atomic mass is 32.1. The van der Waals surface area contributed by atoms with Gasteiger partial charge in [-0.1, -0.05) is 12.1 Å². The van der Waals surface area contributed by atoms with E-state index in [2.05, 4.69) is 46.7 Å². The number of nitrogens with one attached hydrogen (secondary N) is 2. The van der Waals surface area contributed by atoms with Crippen LogP contribution in [-0.4, -0.2) is 43.9 Å². The average Bonchev–Trinajstić information content (AvgIpc) is 3.20. The number of benzene rings is 2.